The molecule has 1 aliphatic rings. The molecule has 1 atom stereocenters. The first-order chi connectivity index (χ1) is 7.99. The monoisotopic (exact) mass is 235 g/mol. The van der Waals surface area contributed by atoms with Crippen LogP contribution in [0.3, 0.4) is 0 Å². The highest BCUT2D eigenvalue weighted by Gasteiger charge is 2.31. The van der Waals surface area contributed by atoms with E-state index in [1.165, 1.54) is 6.92 Å². The van der Waals surface area contributed by atoms with Gasteiger partial charge in [0.1, 0.15) is 18.1 Å². The summed E-state index contributed by atoms with van der Waals surface area (Å²) >= 11 is 0. The predicted molar refractivity (Wildman–Crippen MR) is 59.7 cm³/mol. The smallest absolute Gasteiger partial charge is 0.311 e. The van der Waals surface area contributed by atoms with Crippen molar-refractivity contribution < 1.29 is 14.7 Å². The van der Waals surface area contributed by atoms with Crippen LogP contribution < -0.4 is 4.90 Å². The fourth-order valence-corrected chi connectivity index (χ4v) is 2.08. The molecule has 0 saturated carbocycles. The minimum absolute atomic E-state index is 0.0527. The van der Waals surface area contributed by atoms with E-state index in [1.807, 2.05) is 6.92 Å². The van der Waals surface area contributed by atoms with Gasteiger partial charge in [-0.15, -0.1) is 0 Å². The average Bonchev–Trinajstić information content (AvgIpc) is 2.52. The Balaban J connectivity index is 2.38. The van der Waals surface area contributed by atoms with Crippen molar-refractivity contribution in [1.82, 2.24) is 9.97 Å². The maximum absolute atomic E-state index is 11.5. The molecule has 2 heterocycles. The molecule has 0 radical (unpaired) electrons. The van der Waals surface area contributed by atoms with E-state index in [0.717, 1.165) is 5.56 Å². The summed E-state index contributed by atoms with van der Waals surface area (Å²) in [6.45, 7) is 3.41. The van der Waals surface area contributed by atoms with E-state index < -0.39 is 5.97 Å². The predicted octanol–water partition coefficient (Wildman–Crippen LogP) is 0.401. The zero-order valence-electron chi connectivity index (χ0n) is 9.67. The van der Waals surface area contributed by atoms with Crippen molar-refractivity contribution in [3.05, 3.63) is 17.6 Å². The molecular formula is C11H13N3O3. The second-order valence-electron chi connectivity index (χ2n) is 4.15. The molecular weight excluding hydrogens is 222 g/mol. The van der Waals surface area contributed by atoms with Gasteiger partial charge in [-0.05, 0) is 13.3 Å². The number of anilines is 1. The average molecular weight is 235 g/mol. The molecule has 1 amide bonds. The fourth-order valence-electron chi connectivity index (χ4n) is 2.08. The molecule has 1 aromatic heterocycles. The van der Waals surface area contributed by atoms with E-state index in [1.54, 1.807) is 11.1 Å². The molecule has 1 aromatic rings. The second kappa shape index (κ2) is 4.12. The number of rotatable bonds is 2. The topological polar surface area (TPSA) is 83.4 Å². The van der Waals surface area contributed by atoms with Gasteiger partial charge in [0.25, 0.3) is 0 Å². The van der Waals surface area contributed by atoms with Gasteiger partial charge in [-0.25, -0.2) is 9.97 Å². The standard InChI is InChI=1S/C11H13N3O3/c1-6-3-8-5-12-9(4-10(16)17)13-11(8)14(6)7(2)15/h5-6H,3-4H2,1-2H3,(H,16,17). The van der Waals surface area contributed by atoms with Gasteiger partial charge in [0.2, 0.25) is 5.91 Å². The lowest BCUT2D eigenvalue weighted by molar-refractivity contribution is -0.136. The van der Waals surface area contributed by atoms with Crippen molar-refractivity contribution >= 4 is 17.7 Å². The largest absolute Gasteiger partial charge is 0.481 e. The van der Waals surface area contributed by atoms with E-state index in [-0.39, 0.29) is 24.2 Å². The fraction of sp³-hybridized carbons (Fsp3) is 0.455. The summed E-state index contributed by atoms with van der Waals surface area (Å²) in [7, 11) is 0. The van der Waals surface area contributed by atoms with Crippen molar-refractivity contribution in [1.29, 1.82) is 0 Å². The Bertz CT molecular complexity index is 487. The van der Waals surface area contributed by atoms with E-state index in [0.29, 0.717) is 12.2 Å². The molecule has 0 spiro atoms. The molecule has 1 aliphatic heterocycles. The Hall–Kier alpha value is -1.98. The van der Waals surface area contributed by atoms with Crippen LogP contribution in [0, 0.1) is 0 Å². The third kappa shape index (κ3) is 2.11. The van der Waals surface area contributed by atoms with Crippen LogP contribution >= 0.6 is 0 Å². The molecule has 90 valence electrons. The van der Waals surface area contributed by atoms with Crippen LogP contribution in [0.1, 0.15) is 25.2 Å². The number of carbonyl (C=O) groups excluding carboxylic acids is 1. The van der Waals surface area contributed by atoms with Crippen LogP contribution in [0.4, 0.5) is 5.82 Å². The molecule has 6 heteroatoms. The molecule has 0 fully saturated rings. The van der Waals surface area contributed by atoms with Gasteiger partial charge in [0.15, 0.2) is 0 Å². The third-order valence-corrected chi connectivity index (χ3v) is 2.72. The highest BCUT2D eigenvalue weighted by Crippen LogP contribution is 2.29. The number of aromatic nitrogens is 2. The first-order valence-electron chi connectivity index (χ1n) is 5.35. The molecule has 0 aliphatic carbocycles. The number of hydrogen-bond donors (Lipinski definition) is 1. The summed E-state index contributed by atoms with van der Waals surface area (Å²) in [6, 6.07) is 0.0527. The van der Waals surface area contributed by atoms with Crippen LogP contribution in [0.15, 0.2) is 6.20 Å². The molecule has 0 aromatic carbocycles. The van der Waals surface area contributed by atoms with Gasteiger partial charge < -0.3 is 5.11 Å². The zero-order chi connectivity index (χ0) is 12.6. The maximum atomic E-state index is 11.5. The number of nitrogens with zero attached hydrogens (tertiary/aromatic N) is 3. The van der Waals surface area contributed by atoms with Crippen LogP contribution in [0.2, 0.25) is 0 Å². The highest BCUT2D eigenvalue weighted by molar-refractivity contribution is 5.93. The number of carboxylic acids is 1. The third-order valence-electron chi connectivity index (χ3n) is 2.72. The highest BCUT2D eigenvalue weighted by atomic mass is 16.4. The van der Waals surface area contributed by atoms with Crippen LogP contribution in [0.5, 0.6) is 0 Å². The van der Waals surface area contributed by atoms with E-state index in [4.69, 9.17) is 5.11 Å². The van der Waals surface area contributed by atoms with Gasteiger partial charge >= 0.3 is 5.97 Å². The van der Waals surface area contributed by atoms with Gasteiger partial charge in [0, 0.05) is 24.7 Å². The van der Waals surface area contributed by atoms with E-state index in [2.05, 4.69) is 9.97 Å². The van der Waals surface area contributed by atoms with E-state index >= 15 is 0 Å². The van der Waals surface area contributed by atoms with Crippen LogP contribution in [-0.4, -0.2) is 33.0 Å². The molecule has 1 N–H and O–H groups in total. The van der Waals surface area contributed by atoms with Crippen LogP contribution in [-0.2, 0) is 22.4 Å². The van der Waals surface area contributed by atoms with Gasteiger partial charge in [-0.2, -0.15) is 0 Å². The van der Waals surface area contributed by atoms with Gasteiger partial charge in [0.05, 0.1) is 0 Å². The lowest BCUT2D eigenvalue weighted by Gasteiger charge is -2.19. The summed E-state index contributed by atoms with van der Waals surface area (Å²) in [5.74, 6) is -0.283. The quantitative estimate of drug-likeness (QED) is 0.802. The summed E-state index contributed by atoms with van der Waals surface area (Å²) in [5.41, 5.74) is 0.891. The first-order valence-corrected chi connectivity index (χ1v) is 5.35. The Morgan fingerprint density at radius 3 is 2.88 bits per heavy atom. The van der Waals surface area contributed by atoms with Crippen molar-refractivity contribution in [2.45, 2.75) is 32.7 Å². The Morgan fingerprint density at radius 2 is 2.29 bits per heavy atom. The number of hydrogen-bond acceptors (Lipinski definition) is 4. The van der Waals surface area contributed by atoms with Crippen molar-refractivity contribution in [3.8, 4) is 0 Å². The summed E-state index contributed by atoms with van der Waals surface area (Å²) in [4.78, 5) is 31.8. The zero-order valence-corrected chi connectivity index (χ0v) is 9.67. The van der Waals surface area contributed by atoms with E-state index in [9.17, 15) is 9.59 Å². The molecule has 1 unspecified atom stereocenters. The maximum Gasteiger partial charge on any atom is 0.311 e. The van der Waals surface area contributed by atoms with Crippen molar-refractivity contribution in [2.24, 2.45) is 0 Å². The minimum Gasteiger partial charge on any atom is -0.481 e. The normalized spacial score (nSPS) is 18.0. The molecule has 0 bridgehead atoms. The van der Waals surface area contributed by atoms with Gasteiger partial charge in [-0.3, -0.25) is 14.5 Å². The molecule has 6 nitrogen and oxygen atoms in total. The first kappa shape index (κ1) is 11.5. The van der Waals surface area contributed by atoms with Gasteiger partial charge in [-0.1, -0.05) is 0 Å². The Kier molecular flexibility index (Phi) is 2.79. The molecule has 17 heavy (non-hydrogen) atoms. The number of amides is 1. The molecule has 0 saturated heterocycles. The second-order valence-corrected chi connectivity index (χ2v) is 4.15. The summed E-state index contributed by atoms with van der Waals surface area (Å²) in [5, 5.41) is 8.68. The van der Waals surface area contributed by atoms with Crippen LogP contribution in [0.25, 0.3) is 0 Å². The number of fused-ring (bicyclic) bond motifs is 1. The lowest BCUT2D eigenvalue weighted by atomic mass is 10.2. The number of aliphatic carboxylic acids is 1. The minimum atomic E-state index is -0.981. The van der Waals surface area contributed by atoms with Crippen molar-refractivity contribution in [3.63, 3.8) is 0 Å². The Labute approximate surface area is 98.3 Å². The molecule has 2 rings (SSSR count). The number of carboxylic acid groups (broad SMARTS) is 1. The Morgan fingerprint density at radius 1 is 1.59 bits per heavy atom. The lowest BCUT2D eigenvalue weighted by Crippen LogP contribution is -2.34. The number of carbonyl (C=O) groups is 2. The van der Waals surface area contributed by atoms with Crippen molar-refractivity contribution in [2.75, 3.05) is 4.90 Å². The summed E-state index contributed by atoms with van der Waals surface area (Å²) in [6.07, 6.45) is 2.09. The summed E-state index contributed by atoms with van der Waals surface area (Å²) < 4.78 is 0. The SMILES string of the molecule is CC(=O)N1c2nc(CC(=O)O)ncc2CC1C.